The largest absolute Gasteiger partial charge is 0.383 e. The molecule has 0 aliphatic heterocycles. The van der Waals surface area contributed by atoms with E-state index in [2.05, 4.69) is 32.6 Å². The van der Waals surface area contributed by atoms with Gasteiger partial charge < -0.3 is 4.74 Å². The molecule has 0 saturated carbocycles. The minimum atomic E-state index is -0.0200. The van der Waals surface area contributed by atoms with E-state index in [0.29, 0.717) is 6.61 Å². The van der Waals surface area contributed by atoms with Gasteiger partial charge in [0, 0.05) is 19.7 Å². The van der Waals surface area contributed by atoms with E-state index in [4.69, 9.17) is 16.3 Å². The molecule has 0 aromatic carbocycles. The Kier molecular flexibility index (Phi) is 4.90. The normalized spacial score (nSPS) is 12.8. The molecule has 1 aromatic rings. The SMILES string of the molecule is COCC(Cl)Cc1ncncc1I. The van der Waals surface area contributed by atoms with Gasteiger partial charge in [-0.1, -0.05) is 0 Å². The molecule has 72 valence electrons. The summed E-state index contributed by atoms with van der Waals surface area (Å²) < 4.78 is 5.98. The molecule has 0 amide bonds. The topological polar surface area (TPSA) is 35.0 Å². The van der Waals surface area contributed by atoms with E-state index in [1.165, 1.54) is 6.33 Å². The van der Waals surface area contributed by atoms with Gasteiger partial charge in [0.25, 0.3) is 0 Å². The molecule has 0 N–H and O–H groups in total. The second-order valence-electron chi connectivity index (χ2n) is 2.57. The maximum atomic E-state index is 6.00. The summed E-state index contributed by atoms with van der Waals surface area (Å²) in [5.74, 6) is 0. The Morgan fingerprint density at radius 3 is 3.08 bits per heavy atom. The lowest BCUT2D eigenvalue weighted by Crippen LogP contribution is -2.12. The van der Waals surface area contributed by atoms with Crippen molar-refractivity contribution in [3.8, 4) is 0 Å². The molecule has 0 spiro atoms. The summed E-state index contributed by atoms with van der Waals surface area (Å²) in [5.41, 5.74) is 0.979. The van der Waals surface area contributed by atoms with Crippen LogP contribution in [-0.2, 0) is 11.2 Å². The first kappa shape index (κ1) is 11.1. The molecule has 5 heteroatoms. The predicted molar refractivity (Wildman–Crippen MR) is 60.0 cm³/mol. The van der Waals surface area contributed by atoms with Gasteiger partial charge in [-0.15, -0.1) is 11.6 Å². The highest BCUT2D eigenvalue weighted by atomic mass is 127. The molecule has 1 rings (SSSR count). The van der Waals surface area contributed by atoms with Gasteiger partial charge in [0.05, 0.1) is 21.2 Å². The number of aromatic nitrogens is 2. The quantitative estimate of drug-likeness (QED) is 0.629. The highest BCUT2D eigenvalue weighted by molar-refractivity contribution is 14.1. The van der Waals surface area contributed by atoms with Gasteiger partial charge >= 0.3 is 0 Å². The molecule has 0 aliphatic rings. The third kappa shape index (κ3) is 3.74. The molecule has 13 heavy (non-hydrogen) atoms. The average molecular weight is 313 g/mol. The fourth-order valence-electron chi connectivity index (χ4n) is 0.938. The molecule has 0 fully saturated rings. The van der Waals surface area contributed by atoms with Crippen LogP contribution in [0.25, 0.3) is 0 Å². The minimum Gasteiger partial charge on any atom is -0.383 e. The number of rotatable bonds is 4. The van der Waals surface area contributed by atoms with E-state index < -0.39 is 0 Å². The minimum absolute atomic E-state index is 0.0200. The number of alkyl halides is 1. The first-order chi connectivity index (χ1) is 6.24. The Morgan fingerprint density at radius 1 is 1.69 bits per heavy atom. The fourth-order valence-corrected chi connectivity index (χ4v) is 1.73. The molecule has 0 bridgehead atoms. The van der Waals surface area contributed by atoms with Crippen LogP contribution in [-0.4, -0.2) is 29.1 Å². The van der Waals surface area contributed by atoms with E-state index in [9.17, 15) is 0 Å². The Hall–Kier alpha value is 0.0600. The lowest BCUT2D eigenvalue weighted by Gasteiger charge is -2.07. The van der Waals surface area contributed by atoms with Crippen LogP contribution >= 0.6 is 34.2 Å². The molecule has 3 nitrogen and oxygen atoms in total. The second kappa shape index (κ2) is 5.72. The van der Waals surface area contributed by atoms with Gasteiger partial charge in [-0.3, -0.25) is 0 Å². The zero-order chi connectivity index (χ0) is 9.68. The summed E-state index contributed by atoms with van der Waals surface area (Å²) in [5, 5.41) is -0.0200. The number of ether oxygens (including phenoxy) is 1. The highest BCUT2D eigenvalue weighted by Crippen LogP contribution is 2.12. The summed E-state index contributed by atoms with van der Waals surface area (Å²) in [6, 6.07) is 0. The van der Waals surface area contributed by atoms with Gasteiger partial charge in [0.2, 0.25) is 0 Å². The van der Waals surface area contributed by atoms with Crippen LogP contribution in [0.15, 0.2) is 12.5 Å². The Bertz CT molecular complexity index is 272. The fraction of sp³-hybridized carbons (Fsp3) is 0.500. The standard InChI is InChI=1S/C8H10ClIN2O/c1-13-4-6(9)2-8-7(10)3-11-5-12-8/h3,5-6H,2,4H2,1H3. The van der Waals surface area contributed by atoms with Crippen molar-refractivity contribution in [2.75, 3.05) is 13.7 Å². The zero-order valence-electron chi connectivity index (χ0n) is 7.20. The molecule has 1 atom stereocenters. The zero-order valence-corrected chi connectivity index (χ0v) is 10.1. The Balaban J connectivity index is 2.58. The third-order valence-electron chi connectivity index (χ3n) is 1.51. The van der Waals surface area contributed by atoms with Crippen LogP contribution in [0.3, 0.4) is 0 Å². The monoisotopic (exact) mass is 312 g/mol. The van der Waals surface area contributed by atoms with E-state index >= 15 is 0 Å². The number of halogens is 2. The van der Waals surface area contributed by atoms with Crippen LogP contribution in [0.4, 0.5) is 0 Å². The van der Waals surface area contributed by atoms with E-state index in [-0.39, 0.29) is 5.38 Å². The van der Waals surface area contributed by atoms with Crippen LogP contribution in [0.5, 0.6) is 0 Å². The van der Waals surface area contributed by atoms with Gasteiger partial charge in [0.1, 0.15) is 6.33 Å². The van der Waals surface area contributed by atoms with Crippen molar-refractivity contribution in [3.05, 3.63) is 21.8 Å². The van der Waals surface area contributed by atoms with E-state index in [1.807, 2.05) is 0 Å². The number of hydrogen-bond donors (Lipinski definition) is 0. The van der Waals surface area contributed by atoms with Crippen molar-refractivity contribution in [1.29, 1.82) is 0 Å². The Labute approximate surface area is 96.0 Å². The van der Waals surface area contributed by atoms with Crippen molar-refractivity contribution < 1.29 is 4.74 Å². The average Bonchev–Trinajstić information content (AvgIpc) is 2.09. The summed E-state index contributed by atoms with van der Waals surface area (Å²) in [6.07, 6.45) is 4.03. The maximum absolute atomic E-state index is 6.00. The molecule has 0 radical (unpaired) electrons. The Morgan fingerprint density at radius 2 is 2.46 bits per heavy atom. The van der Waals surface area contributed by atoms with Crippen molar-refractivity contribution in [2.24, 2.45) is 0 Å². The summed E-state index contributed by atoms with van der Waals surface area (Å²) in [6.45, 7) is 0.543. The third-order valence-corrected chi connectivity index (χ3v) is 2.69. The lowest BCUT2D eigenvalue weighted by atomic mass is 10.2. The highest BCUT2D eigenvalue weighted by Gasteiger charge is 2.08. The molecule has 1 heterocycles. The van der Waals surface area contributed by atoms with Crippen molar-refractivity contribution in [1.82, 2.24) is 9.97 Å². The molecule has 0 aliphatic carbocycles. The number of nitrogens with zero attached hydrogens (tertiary/aromatic N) is 2. The van der Waals surface area contributed by atoms with Crippen LogP contribution < -0.4 is 0 Å². The molecule has 0 saturated heterocycles. The molecule has 1 aromatic heterocycles. The maximum Gasteiger partial charge on any atom is 0.115 e. The van der Waals surface area contributed by atoms with Crippen LogP contribution in [0, 0.1) is 3.57 Å². The van der Waals surface area contributed by atoms with Crippen LogP contribution in [0.1, 0.15) is 5.69 Å². The van der Waals surface area contributed by atoms with Gasteiger partial charge in [0.15, 0.2) is 0 Å². The number of methoxy groups -OCH3 is 1. The van der Waals surface area contributed by atoms with Crippen molar-refractivity contribution in [3.63, 3.8) is 0 Å². The van der Waals surface area contributed by atoms with E-state index in [0.717, 1.165) is 15.7 Å². The molecule has 1 unspecified atom stereocenters. The predicted octanol–water partition coefficient (Wildman–Crippen LogP) is 1.88. The van der Waals surface area contributed by atoms with Crippen molar-refractivity contribution in [2.45, 2.75) is 11.8 Å². The second-order valence-corrected chi connectivity index (χ2v) is 4.35. The first-order valence-electron chi connectivity index (χ1n) is 3.81. The van der Waals surface area contributed by atoms with Gasteiger partial charge in [-0.2, -0.15) is 0 Å². The summed E-state index contributed by atoms with van der Waals surface area (Å²) >= 11 is 8.20. The van der Waals surface area contributed by atoms with Gasteiger partial charge in [-0.25, -0.2) is 9.97 Å². The smallest absolute Gasteiger partial charge is 0.115 e. The van der Waals surface area contributed by atoms with Gasteiger partial charge in [-0.05, 0) is 22.6 Å². The summed E-state index contributed by atoms with van der Waals surface area (Å²) in [4.78, 5) is 8.05. The molecular formula is C8H10ClIN2O. The van der Waals surface area contributed by atoms with Crippen LogP contribution in [0.2, 0.25) is 0 Å². The summed E-state index contributed by atoms with van der Waals surface area (Å²) in [7, 11) is 1.64. The van der Waals surface area contributed by atoms with Crippen molar-refractivity contribution >= 4 is 34.2 Å². The number of hydrogen-bond acceptors (Lipinski definition) is 3. The molecular weight excluding hydrogens is 302 g/mol. The van der Waals surface area contributed by atoms with E-state index in [1.54, 1.807) is 13.3 Å². The first-order valence-corrected chi connectivity index (χ1v) is 5.33. The lowest BCUT2D eigenvalue weighted by molar-refractivity contribution is 0.197.